The van der Waals surface area contributed by atoms with Crippen LogP contribution in [0.2, 0.25) is 0 Å². The zero-order valence-corrected chi connectivity index (χ0v) is 15.4. The Bertz CT molecular complexity index is 906. The molecular weight excluding hydrogens is 383 g/mol. The summed E-state index contributed by atoms with van der Waals surface area (Å²) in [4.78, 5) is 25.9. The number of aromatic nitrogens is 1. The van der Waals surface area contributed by atoms with Gasteiger partial charge in [0.2, 0.25) is 6.41 Å². The second-order valence-corrected chi connectivity index (χ2v) is 6.55. The number of amides is 2. The van der Waals surface area contributed by atoms with Gasteiger partial charge in [-0.3, -0.25) is 9.69 Å². The molecule has 0 spiro atoms. The van der Waals surface area contributed by atoms with E-state index in [2.05, 4.69) is 15.6 Å². The number of hydrogen-bond donors (Lipinski definition) is 1. The van der Waals surface area contributed by atoms with Crippen molar-refractivity contribution in [1.82, 2.24) is 15.5 Å². The molecule has 2 aliphatic rings. The van der Waals surface area contributed by atoms with Gasteiger partial charge in [-0.25, -0.2) is 14.2 Å². The van der Waals surface area contributed by atoms with Gasteiger partial charge in [-0.2, -0.15) is 5.10 Å². The highest BCUT2D eigenvalue weighted by Crippen LogP contribution is 2.28. The van der Waals surface area contributed by atoms with E-state index in [1.807, 2.05) is 0 Å². The van der Waals surface area contributed by atoms with E-state index < -0.39 is 11.9 Å². The number of carbonyl (C=O) groups excluding carboxylic acids is 2. The van der Waals surface area contributed by atoms with Gasteiger partial charge in [0, 0.05) is 19.2 Å². The van der Waals surface area contributed by atoms with Crippen molar-refractivity contribution in [2.45, 2.75) is 12.6 Å². The molecule has 0 bridgehead atoms. The van der Waals surface area contributed by atoms with E-state index in [0.29, 0.717) is 56.3 Å². The molecule has 2 aliphatic heterocycles. The summed E-state index contributed by atoms with van der Waals surface area (Å²) in [6, 6.07) is 6.27. The molecule has 1 aromatic heterocycles. The van der Waals surface area contributed by atoms with Crippen molar-refractivity contribution < 1.29 is 23.2 Å². The SMILES string of the molecule is O=CN1CCN(c2ccc(N3C[C@H](CNCc4ccno4)OC3=O)cc2F)C=N1. The minimum atomic E-state index is -0.523. The van der Waals surface area contributed by atoms with Crippen LogP contribution in [0.3, 0.4) is 0 Å². The Hall–Kier alpha value is -3.47. The molecule has 2 aromatic rings. The van der Waals surface area contributed by atoms with Gasteiger partial charge in [0.15, 0.2) is 0 Å². The Kier molecular flexibility index (Phi) is 5.38. The van der Waals surface area contributed by atoms with Crippen LogP contribution < -0.4 is 15.1 Å². The molecular formula is C18H19FN6O4. The molecule has 0 radical (unpaired) electrons. The summed E-state index contributed by atoms with van der Waals surface area (Å²) >= 11 is 0. The first-order chi connectivity index (χ1) is 14.1. The second kappa shape index (κ2) is 8.27. The molecule has 1 N–H and O–H groups in total. The molecule has 1 saturated heterocycles. The van der Waals surface area contributed by atoms with Gasteiger partial charge in [0.25, 0.3) is 0 Å². The molecule has 10 nitrogen and oxygen atoms in total. The molecule has 0 saturated carbocycles. The third kappa shape index (κ3) is 4.19. The molecule has 4 rings (SSSR count). The summed E-state index contributed by atoms with van der Waals surface area (Å²) in [6.45, 7) is 1.99. The van der Waals surface area contributed by atoms with E-state index in [0.717, 1.165) is 0 Å². The van der Waals surface area contributed by atoms with Crippen molar-refractivity contribution in [3.63, 3.8) is 0 Å². The lowest BCUT2D eigenvalue weighted by molar-refractivity contribution is -0.118. The smallest absolute Gasteiger partial charge is 0.414 e. The quantitative estimate of drug-likeness (QED) is 0.693. The fourth-order valence-corrected chi connectivity index (χ4v) is 3.14. The first kappa shape index (κ1) is 18.9. The normalized spacial score (nSPS) is 19.0. The number of halogens is 1. The summed E-state index contributed by atoms with van der Waals surface area (Å²) < 4.78 is 25.0. The number of anilines is 2. The fourth-order valence-electron chi connectivity index (χ4n) is 3.14. The number of hydrogen-bond acceptors (Lipinski definition) is 8. The average Bonchev–Trinajstić information content (AvgIpc) is 3.38. The molecule has 1 atom stereocenters. The van der Waals surface area contributed by atoms with E-state index in [9.17, 15) is 14.0 Å². The zero-order valence-electron chi connectivity index (χ0n) is 15.4. The first-order valence-corrected chi connectivity index (χ1v) is 9.04. The number of ether oxygens (including phenoxy) is 1. The number of rotatable bonds is 7. The highest BCUT2D eigenvalue weighted by Gasteiger charge is 2.32. The highest BCUT2D eigenvalue weighted by atomic mass is 19.1. The number of hydrazone groups is 1. The van der Waals surface area contributed by atoms with Gasteiger partial charge < -0.3 is 19.5 Å². The van der Waals surface area contributed by atoms with Crippen LogP contribution in [-0.4, -0.2) is 61.3 Å². The van der Waals surface area contributed by atoms with Gasteiger partial charge in [0.05, 0.1) is 37.2 Å². The maximum Gasteiger partial charge on any atom is 0.414 e. The van der Waals surface area contributed by atoms with Crippen LogP contribution >= 0.6 is 0 Å². The standard InChI is InChI=1S/C18H19FN6O4/c19-16-7-13(1-2-17(16)23-5-6-24(12-26)21-11-23)25-10-15(28-18(25)27)9-20-8-14-3-4-22-29-14/h1-4,7,11-12,15,20H,5-6,8-10H2/t15-/m0/s1. The van der Waals surface area contributed by atoms with Crippen LogP contribution in [-0.2, 0) is 16.1 Å². The predicted octanol–water partition coefficient (Wildman–Crippen LogP) is 1.15. The van der Waals surface area contributed by atoms with Crippen molar-refractivity contribution in [2.24, 2.45) is 5.10 Å². The van der Waals surface area contributed by atoms with E-state index >= 15 is 0 Å². The minimum Gasteiger partial charge on any atom is -0.443 e. The molecule has 0 aliphatic carbocycles. The van der Waals surface area contributed by atoms with Gasteiger partial charge in [-0.1, -0.05) is 5.16 Å². The van der Waals surface area contributed by atoms with Crippen LogP contribution in [0.4, 0.5) is 20.6 Å². The number of carbonyl (C=O) groups is 2. The van der Waals surface area contributed by atoms with Crippen molar-refractivity contribution in [3.8, 4) is 0 Å². The number of nitrogens with one attached hydrogen (secondary N) is 1. The van der Waals surface area contributed by atoms with E-state index in [-0.39, 0.29) is 6.10 Å². The topological polar surface area (TPSA) is 104 Å². The van der Waals surface area contributed by atoms with Gasteiger partial charge in [-0.05, 0) is 18.2 Å². The van der Waals surface area contributed by atoms with Crippen molar-refractivity contribution >= 4 is 30.2 Å². The molecule has 1 aromatic carbocycles. The Balaban J connectivity index is 1.37. The summed E-state index contributed by atoms with van der Waals surface area (Å²) in [5.74, 6) is 0.189. The Labute approximate surface area is 165 Å². The minimum absolute atomic E-state index is 0.306. The lowest BCUT2D eigenvalue weighted by atomic mass is 10.2. The monoisotopic (exact) mass is 402 g/mol. The summed E-state index contributed by atoms with van der Waals surface area (Å²) in [5.41, 5.74) is 0.735. The lowest BCUT2D eigenvalue weighted by Gasteiger charge is -2.27. The highest BCUT2D eigenvalue weighted by molar-refractivity contribution is 5.90. The largest absolute Gasteiger partial charge is 0.443 e. The van der Waals surface area contributed by atoms with Crippen molar-refractivity contribution in [1.29, 1.82) is 0 Å². The molecule has 0 unspecified atom stereocenters. The summed E-state index contributed by atoms with van der Waals surface area (Å²) in [6.07, 6.45) is 2.68. The van der Waals surface area contributed by atoms with Crippen LogP contribution in [0.25, 0.3) is 0 Å². The molecule has 2 amide bonds. The average molecular weight is 402 g/mol. The summed E-state index contributed by atoms with van der Waals surface area (Å²) in [5, 5.41) is 11.9. The number of nitrogens with zero attached hydrogens (tertiary/aromatic N) is 5. The second-order valence-electron chi connectivity index (χ2n) is 6.55. The number of benzene rings is 1. The molecule has 11 heteroatoms. The molecule has 1 fully saturated rings. The first-order valence-electron chi connectivity index (χ1n) is 9.04. The van der Waals surface area contributed by atoms with Crippen LogP contribution in [0.1, 0.15) is 5.76 Å². The molecule has 3 heterocycles. The van der Waals surface area contributed by atoms with E-state index in [1.54, 1.807) is 29.3 Å². The van der Waals surface area contributed by atoms with Crippen LogP contribution in [0.5, 0.6) is 0 Å². The molecule has 152 valence electrons. The van der Waals surface area contributed by atoms with E-state index in [4.69, 9.17) is 9.26 Å². The Morgan fingerprint density at radius 3 is 2.90 bits per heavy atom. The number of cyclic esters (lactones) is 1. The van der Waals surface area contributed by atoms with Crippen molar-refractivity contribution in [2.75, 3.05) is 36.0 Å². The third-order valence-corrected chi connectivity index (χ3v) is 4.62. The maximum absolute atomic E-state index is 14.7. The maximum atomic E-state index is 14.7. The third-order valence-electron chi connectivity index (χ3n) is 4.62. The predicted molar refractivity (Wildman–Crippen MR) is 101 cm³/mol. The molecule has 29 heavy (non-hydrogen) atoms. The van der Waals surface area contributed by atoms with Gasteiger partial charge in [-0.15, -0.1) is 0 Å². The van der Waals surface area contributed by atoms with Crippen LogP contribution in [0.15, 0.2) is 40.1 Å². The Morgan fingerprint density at radius 2 is 2.21 bits per heavy atom. The van der Waals surface area contributed by atoms with Gasteiger partial charge in [0.1, 0.15) is 24.0 Å². The van der Waals surface area contributed by atoms with E-state index in [1.165, 1.54) is 22.3 Å². The zero-order chi connectivity index (χ0) is 20.2. The lowest BCUT2D eigenvalue weighted by Crippen LogP contribution is -2.37. The Morgan fingerprint density at radius 1 is 1.31 bits per heavy atom. The summed E-state index contributed by atoms with van der Waals surface area (Å²) in [7, 11) is 0. The van der Waals surface area contributed by atoms with Gasteiger partial charge >= 0.3 is 6.09 Å². The van der Waals surface area contributed by atoms with Crippen LogP contribution in [0, 0.1) is 5.82 Å². The fraction of sp³-hybridized carbons (Fsp3) is 0.333. The van der Waals surface area contributed by atoms with Crippen molar-refractivity contribution in [3.05, 3.63) is 42.0 Å².